The van der Waals surface area contributed by atoms with Crippen LogP contribution in [-0.4, -0.2) is 24.7 Å². The van der Waals surface area contributed by atoms with E-state index in [1.165, 1.54) is 0 Å². The standard InChI is InChI=1S/C19H20Cl2N2O3/c20-14-3-1-4-15(17(14)21)26-13-8-6-12(7-9-13)11-23-19(24)18(22)16-5-2-10-25-16/h1,3-4,6-9,16,18H,2,5,10-11,22H2,(H,23,24). The maximum atomic E-state index is 12.1. The van der Waals surface area contributed by atoms with Crippen LogP contribution < -0.4 is 15.8 Å². The summed E-state index contributed by atoms with van der Waals surface area (Å²) in [5, 5.41) is 3.64. The first kappa shape index (κ1) is 19.0. The van der Waals surface area contributed by atoms with Crippen molar-refractivity contribution in [3.63, 3.8) is 0 Å². The topological polar surface area (TPSA) is 73.6 Å². The number of benzene rings is 2. The van der Waals surface area contributed by atoms with Gasteiger partial charge in [0.2, 0.25) is 5.91 Å². The first-order valence-corrected chi connectivity index (χ1v) is 9.16. The number of carbonyl (C=O) groups excluding carboxylic acids is 1. The number of amides is 1. The number of nitrogens with two attached hydrogens (primary N) is 1. The highest BCUT2D eigenvalue weighted by Crippen LogP contribution is 2.34. The van der Waals surface area contributed by atoms with E-state index in [0.717, 1.165) is 18.4 Å². The molecule has 0 spiro atoms. The summed E-state index contributed by atoms with van der Waals surface area (Å²) in [6, 6.07) is 11.9. The maximum Gasteiger partial charge on any atom is 0.239 e. The van der Waals surface area contributed by atoms with Gasteiger partial charge in [-0.3, -0.25) is 4.79 Å². The molecular formula is C19H20Cl2N2O3. The Kier molecular flexibility index (Phi) is 6.38. The number of hydrogen-bond acceptors (Lipinski definition) is 4. The Balaban J connectivity index is 1.54. The van der Waals surface area contributed by atoms with E-state index in [2.05, 4.69) is 5.32 Å². The van der Waals surface area contributed by atoms with Crippen LogP contribution in [0.3, 0.4) is 0 Å². The summed E-state index contributed by atoms with van der Waals surface area (Å²) in [6.07, 6.45) is 1.59. The Labute approximate surface area is 162 Å². The SMILES string of the molecule is NC(C(=O)NCc1ccc(Oc2cccc(Cl)c2Cl)cc1)C1CCCO1. The fourth-order valence-corrected chi connectivity index (χ4v) is 3.06. The minimum Gasteiger partial charge on any atom is -0.456 e. The Morgan fingerprint density at radius 1 is 1.27 bits per heavy atom. The lowest BCUT2D eigenvalue weighted by atomic mass is 10.1. The average Bonchev–Trinajstić information content (AvgIpc) is 3.18. The third-order valence-electron chi connectivity index (χ3n) is 4.20. The lowest BCUT2D eigenvalue weighted by Gasteiger charge is -2.18. The van der Waals surface area contributed by atoms with E-state index in [-0.39, 0.29) is 12.0 Å². The van der Waals surface area contributed by atoms with E-state index >= 15 is 0 Å². The van der Waals surface area contributed by atoms with Crippen molar-refractivity contribution in [2.24, 2.45) is 5.73 Å². The highest BCUT2D eigenvalue weighted by Gasteiger charge is 2.28. The van der Waals surface area contributed by atoms with Crippen LogP contribution in [0, 0.1) is 0 Å². The monoisotopic (exact) mass is 394 g/mol. The number of carbonyl (C=O) groups is 1. The summed E-state index contributed by atoms with van der Waals surface area (Å²) in [6.45, 7) is 1.06. The van der Waals surface area contributed by atoms with Gasteiger partial charge in [-0.25, -0.2) is 0 Å². The van der Waals surface area contributed by atoms with Gasteiger partial charge in [0.1, 0.15) is 22.6 Å². The number of nitrogens with one attached hydrogen (secondary N) is 1. The Morgan fingerprint density at radius 2 is 2.04 bits per heavy atom. The minimum atomic E-state index is -0.634. The van der Waals surface area contributed by atoms with E-state index < -0.39 is 6.04 Å². The molecule has 0 saturated carbocycles. The first-order valence-electron chi connectivity index (χ1n) is 8.40. The molecule has 5 nitrogen and oxygen atoms in total. The van der Waals surface area contributed by atoms with Crippen LogP contribution in [0.25, 0.3) is 0 Å². The van der Waals surface area contributed by atoms with Gasteiger partial charge in [0, 0.05) is 13.2 Å². The van der Waals surface area contributed by atoms with Crippen molar-refractivity contribution >= 4 is 29.1 Å². The Bertz CT molecular complexity index is 762. The van der Waals surface area contributed by atoms with Crippen molar-refractivity contribution in [3.8, 4) is 11.5 Å². The van der Waals surface area contributed by atoms with E-state index in [9.17, 15) is 4.79 Å². The predicted octanol–water partition coefficient (Wildman–Crippen LogP) is 3.91. The van der Waals surface area contributed by atoms with Gasteiger partial charge in [-0.1, -0.05) is 41.4 Å². The molecule has 0 bridgehead atoms. The van der Waals surface area contributed by atoms with E-state index in [0.29, 0.717) is 34.7 Å². The van der Waals surface area contributed by atoms with E-state index in [1.807, 2.05) is 12.1 Å². The molecule has 1 heterocycles. The van der Waals surface area contributed by atoms with Crippen LogP contribution >= 0.6 is 23.2 Å². The minimum absolute atomic E-state index is 0.187. The third-order valence-corrected chi connectivity index (χ3v) is 5.00. The molecule has 0 radical (unpaired) electrons. The Hall–Kier alpha value is -1.79. The van der Waals surface area contributed by atoms with Crippen molar-refractivity contribution in [2.45, 2.75) is 31.5 Å². The van der Waals surface area contributed by atoms with Crippen LogP contribution in [0.15, 0.2) is 42.5 Å². The molecule has 0 aliphatic carbocycles. The smallest absolute Gasteiger partial charge is 0.239 e. The molecule has 1 amide bonds. The van der Waals surface area contributed by atoms with Crippen molar-refractivity contribution in [1.82, 2.24) is 5.32 Å². The fourth-order valence-electron chi connectivity index (χ4n) is 2.73. The molecule has 26 heavy (non-hydrogen) atoms. The van der Waals surface area contributed by atoms with Gasteiger partial charge in [0.15, 0.2) is 0 Å². The zero-order chi connectivity index (χ0) is 18.5. The summed E-state index contributed by atoms with van der Waals surface area (Å²) < 4.78 is 11.2. The van der Waals surface area contributed by atoms with E-state index in [4.69, 9.17) is 38.4 Å². The van der Waals surface area contributed by atoms with Gasteiger partial charge in [0.05, 0.1) is 11.1 Å². The molecule has 1 aliphatic rings. The number of rotatable bonds is 6. The quantitative estimate of drug-likeness (QED) is 0.778. The van der Waals surface area contributed by atoms with Gasteiger partial charge < -0.3 is 20.5 Å². The number of halogens is 2. The molecule has 2 atom stereocenters. The molecule has 3 rings (SSSR count). The summed E-state index contributed by atoms with van der Waals surface area (Å²) in [4.78, 5) is 12.1. The molecule has 138 valence electrons. The van der Waals surface area contributed by atoms with Crippen molar-refractivity contribution in [3.05, 3.63) is 58.1 Å². The molecule has 7 heteroatoms. The second-order valence-electron chi connectivity index (χ2n) is 6.09. The van der Waals surface area contributed by atoms with Crippen LogP contribution in [0.2, 0.25) is 10.0 Å². The fraction of sp³-hybridized carbons (Fsp3) is 0.316. The summed E-state index contributed by atoms with van der Waals surface area (Å²) >= 11 is 12.1. The molecule has 2 aromatic carbocycles. The molecular weight excluding hydrogens is 375 g/mol. The molecule has 1 aliphatic heterocycles. The van der Waals surface area contributed by atoms with Crippen molar-refractivity contribution in [2.75, 3.05) is 6.61 Å². The Morgan fingerprint density at radius 3 is 2.73 bits per heavy atom. The molecule has 1 saturated heterocycles. The average molecular weight is 395 g/mol. The lowest BCUT2D eigenvalue weighted by Crippen LogP contribution is -2.47. The van der Waals surface area contributed by atoms with Crippen LogP contribution in [0.1, 0.15) is 18.4 Å². The molecule has 0 aromatic heterocycles. The summed E-state index contributed by atoms with van der Waals surface area (Å²) in [5.41, 5.74) is 6.88. The molecule has 1 fully saturated rings. The largest absolute Gasteiger partial charge is 0.456 e. The van der Waals surface area contributed by atoms with Gasteiger partial charge in [-0.2, -0.15) is 0 Å². The highest BCUT2D eigenvalue weighted by atomic mass is 35.5. The van der Waals surface area contributed by atoms with Gasteiger partial charge in [0.25, 0.3) is 0 Å². The normalized spacial score (nSPS) is 17.7. The summed E-state index contributed by atoms with van der Waals surface area (Å²) in [5.74, 6) is 0.908. The first-order chi connectivity index (χ1) is 12.5. The van der Waals surface area contributed by atoms with Crippen LogP contribution in [0.4, 0.5) is 0 Å². The predicted molar refractivity (Wildman–Crippen MR) is 102 cm³/mol. The molecule has 2 unspecified atom stereocenters. The van der Waals surface area contributed by atoms with Crippen molar-refractivity contribution in [1.29, 1.82) is 0 Å². The third kappa shape index (κ3) is 4.68. The van der Waals surface area contributed by atoms with Crippen molar-refractivity contribution < 1.29 is 14.3 Å². The van der Waals surface area contributed by atoms with E-state index in [1.54, 1.807) is 30.3 Å². The van der Waals surface area contributed by atoms with Crippen LogP contribution in [0.5, 0.6) is 11.5 Å². The van der Waals surface area contributed by atoms with Crippen LogP contribution in [-0.2, 0) is 16.1 Å². The molecule has 3 N–H and O–H groups in total. The highest BCUT2D eigenvalue weighted by molar-refractivity contribution is 6.42. The number of ether oxygens (including phenoxy) is 2. The lowest BCUT2D eigenvalue weighted by molar-refractivity contribution is -0.125. The molecule has 2 aromatic rings. The zero-order valence-electron chi connectivity index (χ0n) is 14.1. The second-order valence-corrected chi connectivity index (χ2v) is 6.88. The second kappa shape index (κ2) is 8.73. The summed E-state index contributed by atoms with van der Waals surface area (Å²) in [7, 11) is 0. The van der Waals surface area contributed by atoms with Gasteiger partial charge in [-0.15, -0.1) is 0 Å². The van der Waals surface area contributed by atoms with Gasteiger partial charge >= 0.3 is 0 Å². The number of hydrogen-bond donors (Lipinski definition) is 2. The zero-order valence-corrected chi connectivity index (χ0v) is 15.6. The van der Waals surface area contributed by atoms with Gasteiger partial charge in [-0.05, 0) is 42.7 Å². The maximum absolute atomic E-state index is 12.1.